The largest absolute Gasteiger partial charge is 0.395 e. The van der Waals surface area contributed by atoms with Gasteiger partial charge in [-0.2, -0.15) is 5.10 Å². The van der Waals surface area contributed by atoms with E-state index >= 15 is 0 Å². The van der Waals surface area contributed by atoms with Gasteiger partial charge in [0.25, 0.3) is 0 Å². The van der Waals surface area contributed by atoms with Crippen molar-refractivity contribution in [2.24, 2.45) is 0 Å². The van der Waals surface area contributed by atoms with Crippen LogP contribution < -0.4 is 5.32 Å². The van der Waals surface area contributed by atoms with Crippen LogP contribution in [0.25, 0.3) is 0 Å². The predicted octanol–water partition coefficient (Wildman–Crippen LogP) is 0.122. The summed E-state index contributed by atoms with van der Waals surface area (Å²) in [6.45, 7) is 2.64. The topological polar surface area (TPSA) is 60.9 Å². The van der Waals surface area contributed by atoms with Crippen molar-refractivity contribution in [1.82, 2.24) is 10.2 Å². The van der Waals surface area contributed by atoms with Gasteiger partial charge in [0.15, 0.2) is 0 Å². The third kappa shape index (κ3) is 1.48. The van der Waals surface area contributed by atoms with Crippen LogP contribution in [0.2, 0.25) is 0 Å². The number of H-pyrrole nitrogens is 1. The van der Waals surface area contributed by atoms with Crippen molar-refractivity contribution in [2.45, 2.75) is 6.92 Å². The molecule has 1 heterocycles. The standard InChI is InChI=1S/C6H11N3O/c1-5-6(4-8-9-5)7-2-3-10/h4,7,10H,2-3H2,1H3,(H,8,9). The minimum absolute atomic E-state index is 0.143. The Labute approximate surface area is 59.3 Å². The van der Waals surface area contributed by atoms with E-state index in [1.165, 1.54) is 0 Å². The summed E-state index contributed by atoms with van der Waals surface area (Å²) < 4.78 is 0. The van der Waals surface area contributed by atoms with Crippen LogP contribution in [0.5, 0.6) is 0 Å². The number of hydrogen-bond acceptors (Lipinski definition) is 3. The maximum absolute atomic E-state index is 8.46. The summed E-state index contributed by atoms with van der Waals surface area (Å²) in [6.07, 6.45) is 1.70. The fourth-order valence-corrected chi connectivity index (χ4v) is 0.719. The Bertz CT molecular complexity index is 197. The summed E-state index contributed by atoms with van der Waals surface area (Å²) in [5, 5.41) is 18.1. The number of aromatic nitrogens is 2. The van der Waals surface area contributed by atoms with E-state index in [9.17, 15) is 0 Å². The quantitative estimate of drug-likeness (QED) is 0.560. The van der Waals surface area contributed by atoms with Crippen molar-refractivity contribution < 1.29 is 5.11 Å². The molecule has 0 amide bonds. The molecule has 0 radical (unpaired) electrons. The maximum atomic E-state index is 8.46. The molecule has 0 saturated heterocycles. The van der Waals surface area contributed by atoms with Gasteiger partial charge in [0.2, 0.25) is 0 Å². The van der Waals surface area contributed by atoms with E-state index < -0.39 is 0 Å². The lowest BCUT2D eigenvalue weighted by Gasteiger charge is -1.99. The maximum Gasteiger partial charge on any atom is 0.0754 e. The molecule has 0 aliphatic carbocycles. The van der Waals surface area contributed by atoms with E-state index in [1.807, 2.05) is 6.92 Å². The molecule has 0 aromatic carbocycles. The first-order valence-corrected chi connectivity index (χ1v) is 3.19. The van der Waals surface area contributed by atoms with Crippen LogP contribution in [0.1, 0.15) is 5.69 Å². The number of nitrogens with one attached hydrogen (secondary N) is 2. The van der Waals surface area contributed by atoms with Crippen molar-refractivity contribution in [3.8, 4) is 0 Å². The van der Waals surface area contributed by atoms with Crippen LogP contribution in [-0.2, 0) is 0 Å². The van der Waals surface area contributed by atoms with Gasteiger partial charge in [0.05, 0.1) is 24.2 Å². The van der Waals surface area contributed by atoms with Crippen LogP contribution in [0.15, 0.2) is 6.20 Å². The molecular weight excluding hydrogens is 130 g/mol. The Kier molecular flexibility index (Phi) is 2.28. The Morgan fingerprint density at radius 2 is 2.60 bits per heavy atom. The lowest BCUT2D eigenvalue weighted by molar-refractivity contribution is 0.311. The van der Waals surface area contributed by atoms with Gasteiger partial charge in [-0.3, -0.25) is 5.10 Å². The van der Waals surface area contributed by atoms with Gasteiger partial charge in [0.1, 0.15) is 0 Å². The highest BCUT2D eigenvalue weighted by Crippen LogP contribution is 2.07. The zero-order valence-electron chi connectivity index (χ0n) is 5.89. The van der Waals surface area contributed by atoms with Crippen LogP contribution >= 0.6 is 0 Å². The highest BCUT2D eigenvalue weighted by Gasteiger charge is 1.95. The van der Waals surface area contributed by atoms with E-state index in [0.717, 1.165) is 11.4 Å². The minimum atomic E-state index is 0.143. The zero-order chi connectivity index (χ0) is 7.40. The smallest absolute Gasteiger partial charge is 0.0754 e. The molecule has 0 spiro atoms. The summed E-state index contributed by atoms with van der Waals surface area (Å²) in [7, 11) is 0. The Morgan fingerprint density at radius 3 is 3.10 bits per heavy atom. The second-order valence-electron chi connectivity index (χ2n) is 2.06. The van der Waals surface area contributed by atoms with Crippen LogP contribution in [-0.4, -0.2) is 28.5 Å². The Balaban J connectivity index is 2.49. The van der Waals surface area contributed by atoms with Crippen LogP contribution in [0, 0.1) is 6.92 Å². The van der Waals surface area contributed by atoms with E-state index in [2.05, 4.69) is 15.5 Å². The molecule has 10 heavy (non-hydrogen) atoms. The molecule has 3 N–H and O–H groups in total. The number of aryl methyl sites for hydroxylation is 1. The fraction of sp³-hybridized carbons (Fsp3) is 0.500. The number of aliphatic hydroxyl groups excluding tert-OH is 1. The summed E-state index contributed by atoms with van der Waals surface area (Å²) in [5.41, 5.74) is 1.95. The number of hydrogen-bond donors (Lipinski definition) is 3. The van der Waals surface area contributed by atoms with Gasteiger partial charge in [-0.1, -0.05) is 0 Å². The molecular formula is C6H11N3O. The number of aromatic amines is 1. The van der Waals surface area contributed by atoms with Crippen molar-refractivity contribution in [3.05, 3.63) is 11.9 Å². The highest BCUT2D eigenvalue weighted by molar-refractivity contribution is 5.44. The summed E-state index contributed by atoms with van der Waals surface area (Å²) >= 11 is 0. The third-order valence-electron chi connectivity index (χ3n) is 1.26. The predicted molar refractivity (Wildman–Crippen MR) is 38.9 cm³/mol. The average Bonchev–Trinajstić information content (AvgIpc) is 2.31. The molecule has 0 unspecified atom stereocenters. The van der Waals surface area contributed by atoms with Gasteiger partial charge in [-0.05, 0) is 6.92 Å². The van der Waals surface area contributed by atoms with Crippen molar-refractivity contribution >= 4 is 5.69 Å². The monoisotopic (exact) mass is 141 g/mol. The summed E-state index contributed by atoms with van der Waals surface area (Å²) in [6, 6.07) is 0. The van der Waals surface area contributed by atoms with Crippen LogP contribution in [0.3, 0.4) is 0 Å². The lowest BCUT2D eigenvalue weighted by Crippen LogP contribution is -2.05. The number of rotatable bonds is 3. The lowest BCUT2D eigenvalue weighted by atomic mass is 10.4. The molecule has 0 saturated carbocycles. The summed E-state index contributed by atoms with van der Waals surface area (Å²) in [4.78, 5) is 0. The Morgan fingerprint density at radius 1 is 1.80 bits per heavy atom. The van der Waals surface area contributed by atoms with E-state index in [4.69, 9.17) is 5.11 Å². The first-order chi connectivity index (χ1) is 4.84. The normalized spacial score (nSPS) is 9.80. The van der Waals surface area contributed by atoms with E-state index in [-0.39, 0.29) is 6.61 Å². The van der Waals surface area contributed by atoms with Crippen LogP contribution in [0.4, 0.5) is 5.69 Å². The Hall–Kier alpha value is -1.03. The van der Waals surface area contributed by atoms with E-state index in [1.54, 1.807) is 6.20 Å². The highest BCUT2D eigenvalue weighted by atomic mass is 16.3. The van der Waals surface area contributed by atoms with Gasteiger partial charge in [-0.15, -0.1) is 0 Å². The van der Waals surface area contributed by atoms with Gasteiger partial charge < -0.3 is 10.4 Å². The third-order valence-corrected chi connectivity index (χ3v) is 1.26. The number of nitrogens with zero attached hydrogens (tertiary/aromatic N) is 1. The molecule has 0 fully saturated rings. The average molecular weight is 141 g/mol. The zero-order valence-corrected chi connectivity index (χ0v) is 5.89. The molecule has 0 atom stereocenters. The van der Waals surface area contributed by atoms with Gasteiger partial charge in [-0.25, -0.2) is 0 Å². The molecule has 0 bridgehead atoms. The fourth-order valence-electron chi connectivity index (χ4n) is 0.719. The van der Waals surface area contributed by atoms with Crippen molar-refractivity contribution in [2.75, 3.05) is 18.5 Å². The summed E-state index contributed by atoms with van der Waals surface area (Å²) in [5.74, 6) is 0. The number of anilines is 1. The van der Waals surface area contributed by atoms with Crippen molar-refractivity contribution in [3.63, 3.8) is 0 Å². The van der Waals surface area contributed by atoms with Gasteiger partial charge >= 0.3 is 0 Å². The molecule has 1 aromatic heterocycles. The molecule has 4 heteroatoms. The number of aliphatic hydroxyl groups is 1. The second-order valence-corrected chi connectivity index (χ2v) is 2.06. The molecule has 56 valence electrons. The SMILES string of the molecule is Cc1[nH]ncc1NCCO. The molecule has 0 aliphatic heterocycles. The van der Waals surface area contributed by atoms with Gasteiger partial charge in [0, 0.05) is 6.54 Å². The minimum Gasteiger partial charge on any atom is -0.395 e. The second kappa shape index (κ2) is 3.22. The molecule has 0 aliphatic rings. The molecule has 4 nitrogen and oxygen atoms in total. The van der Waals surface area contributed by atoms with E-state index in [0.29, 0.717) is 6.54 Å². The first-order valence-electron chi connectivity index (χ1n) is 3.19. The molecule has 1 aromatic rings. The molecule has 1 rings (SSSR count). The van der Waals surface area contributed by atoms with Crippen molar-refractivity contribution in [1.29, 1.82) is 0 Å². The first kappa shape index (κ1) is 7.08.